The van der Waals surface area contributed by atoms with Crippen LogP contribution in [0.3, 0.4) is 0 Å². The molecule has 2 rings (SSSR count). The molecule has 1 aromatic carbocycles. The molecule has 0 amide bonds. The monoisotopic (exact) mass is 296 g/mol. The number of hydrogen-bond donors (Lipinski definition) is 2. The van der Waals surface area contributed by atoms with Gasteiger partial charge in [-0.1, -0.05) is 0 Å². The number of aromatic nitrogens is 2. The van der Waals surface area contributed by atoms with Gasteiger partial charge in [0.05, 0.1) is 29.8 Å². The lowest BCUT2D eigenvalue weighted by Gasteiger charge is -2.08. The van der Waals surface area contributed by atoms with E-state index in [1.807, 2.05) is 0 Å². The standard InChI is InChI=1S/C12H13FN4O2S/c1-8-5-16-10(6-15-8)7-17-20(18,19)12-3-2-9(13)4-11(12)14/h2-6,17H,7,14H2,1H3. The third-order valence-corrected chi connectivity index (χ3v) is 4.01. The van der Waals surface area contributed by atoms with Gasteiger partial charge in [0.1, 0.15) is 10.7 Å². The van der Waals surface area contributed by atoms with Gasteiger partial charge >= 0.3 is 0 Å². The van der Waals surface area contributed by atoms with Gasteiger partial charge in [-0.25, -0.2) is 17.5 Å². The lowest BCUT2D eigenvalue weighted by molar-refractivity contribution is 0.580. The second kappa shape index (κ2) is 5.51. The highest BCUT2D eigenvalue weighted by molar-refractivity contribution is 7.89. The van der Waals surface area contributed by atoms with E-state index >= 15 is 0 Å². The third kappa shape index (κ3) is 3.28. The van der Waals surface area contributed by atoms with Gasteiger partial charge in [0.2, 0.25) is 10.0 Å². The van der Waals surface area contributed by atoms with E-state index < -0.39 is 15.8 Å². The Morgan fingerprint density at radius 3 is 2.65 bits per heavy atom. The molecule has 0 fully saturated rings. The largest absolute Gasteiger partial charge is 0.398 e. The van der Waals surface area contributed by atoms with Crippen LogP contribution in [0.2, 0.25) is 0 Å². The van der Waals surface area contributed by atoms with Gasteiger partial charge in [0, 0.05) is 6.20 Å². The van der Waals surface area contributed by atoms with Crippen LogP contribution in [0, 0.1) is 12.7 Å². The van der Waals surface area contributed by atoms with Crippen LogP contribution in [0.25, 0.3) is 0 Å². The van der Waals surface area contributed by atoms with Crippen molar-refractivity contribution in [2.75, 3.05) is 5.73 Å². The zero-order chi connectivity index (χ0) is 14.8. The molecule has 0 saturated heterocycles. The summed E-state index contributed by atoms with van der Waals surface area (Å²) in [4.78, 5) is 7.87. The highest BCUT2D eigenvalue weighted by atomic mass is 32.2. The van der Waals surface area contributed by atoms with Crippen LogP contribution < -0.4 is 10.5 Å². The molecule has 106 valence electrons. The van der Waals surface area contributed by atoms with E-state index in [2.05, 4.69) is 14.7 Å². The molecule has 0 aliphatic carbocycles. The molecule has 6 nitrogen and oxygen atoms in total. The summed E-state index contributed by atoms with van der Waals surface area (Å²) in [6, 6.07) is 3.12. The Balaban J connectivity index is 2.17. The molecule has 0 atom stereocenters. The zero-order valence-electron chi connectivity index (χ0n) is 10.7. The predicted octanol–water partition coefficient (Wildman–Crippen LogP) is 0.985. The van der Waals surface area contributed by atoms with Gasteiger partial charge in [-0.05, 0) is 25.1 Å². The lowest BCUT2D eigenvalue weighted by Crippen LogP contribution is -2.24. The first-order valence-electron chi connectivity index (χ1n) is 5.71. The number of nitrogens with zero attached hydrogens (tertiary/aromatic N) is 2. The predicted molar refractivity (Wildman–Crippen MR) is 71.6 cm³/mol. The minimum absolute atomic E-state index is 0.0214. The number of anilines is 1. The van der Waals surface area contributed by atoms with E-state index in [9.17, 15) is 12.8 Å². The van der Waals surface area contributed by atoms with Crippen LogP contribution in [0.15, 0.2) is 35.5 Å². The molecule has 0 aliphatic rings. The molecule has 3 N–H and O–H groups in total. The van der Waals surface area contributed by atoms with E-state index in [1.165, 1.54) is 12.4 Å². The molecular formula is C12H13FN4O2S. The van der Waals surface area contributed by atoms with Gasteiger partial charge in [-0.15, -0.1) is 0 Å². The topological polar surface area (TPSA) is 98.0 Å². The van der Waals surface area contributed by atoms with Gasteiger partial charge in [0.25, 0.3) is 0 Å². The van der Waals surface area contributed by atoms with E-state index in [0.717, 1.165) is 23.9 Å². The first-order valence-corrected chi connectivity index (χ1v) is 7.19. The number of aryl methyl sites for hydroxylation is 1. The van der Waals surface area contributed by atoms with Gasteiger partial charge in [0.15, 0.2) is 0 Å². The molecule has 0 bridgehead atoms. The summed E-state index contributed by atoms with van der Waals surface area (Å²) in [7, 11) is -3.83. The average Bonchev–Trinajstić information content (AvgIpc) is 2.37. The molecule has 0 spiro atoms. The number of nitrogens with one attached hydrogen (secondary N) is 1. The van der Waals surface area contributed by atoms with Crippen molar-refractivity contribution < 1.29 is 12.8 Å². The maximum Gasteiger partial charge on any atom is 0.242 e. The van der Waals surface area contributed by atoms with Crippen molar-refractivity contribution in [3.05, 3.63) is 47.8 Å². The Morgan fingerprint density at radius 2 is 2.05 bits per heavy atom. The molecule has 0 saturated carbocycles. The fourth-order valence-electron chi connectivity index (χ4n) is 1.52. The van der Waals surface area contributed by atoms with Crippen LogP contribution in [0.5, 0.6) is 0 Å². The highest BCUT2D eigenvalue weighted by Crippen LogP contribution is 2.19. The van der Waals surface area contributed by atoms with Crippen molar-refractivity contribution >= 4 is 15.7 Å². The Kier molecular flexibility index (Phi) is 3.96. The fourth-order valence-corrected chi connectivity index (χ4v) is 2.63. The molecule has 0 unspecified atom stereocenters. The summed E-state index contributed by atoms with van der Waals surface area (Å²) in [5.41, 5.74) is 6.57. The normalized spacial score (nSPS) is 11.5. The zero-order valence-corrected chi connectivity index (χ0v) is 11.5. The maximum absolute atomic E-state index is 12.9. The molecule has 0 aliphatic heterocycles. The lowest BCUT2D eigenvalue weighted by atomic mass is 10.3. The van der Waals surface area contributed by atoms with Crippen LogP contribution in [-0.4, -0.2) is 18.4 Å². The fraction of sp³-hybridized carbons (Fsp3) is 0.167. The van der Waals surface area contributed by atoms with Gasteiger partial charge < -0.3 is 5.73 Å². The molecule has 8 heteroatoms. The van der Waals surface area contributed by atoms with E-state index in [4.69, 9.17) is 5.73 Å². The quantitative estimate of drug-likeness (QED) is 0.820. The molecule has 1 aromatic heterocycles. The minimum Gasteiger partial charge on any atom is -0.398 e. The molecule has 2 aromatic rings. The van der Waals surface area contributed by atoms with Gasteiger partial charge in [-0.2, -0.15) is 0 Å². The van der Waals surface area contributed by atoms with Crippen molar-refractivity contribution in [3.63, 3.8) is 0 Å². The molecule has 20 heavy (non-hydrogen) atoms. The number of sulfonamides is 1. The number of hydrogen-bond acceptors (Lipinski definition) is 5. The Bertz CT molecular complexity index is 717. The highest BCUT2D eigenvalue weighted by Gasteiger charge is 2.17. The van der Waals surface area contributed by atoms with Crippen molar-refractivity contribution in [2.45, 2.75) is 18.4 Å². The smallest absolute Gasteiger partial charge is 0.242 e. The second-order valence-electron chi connectivity index (χ2n) is 4.16. The summed E-state index contributed by atoms with van der Waals surface area (Å²) in [5.74, 6) is -0.592. The van der Waals surface area contributed by atoms with Crippen LogP contribution in [0.4, 0.5) is 10.1 Å². The van der Waals surface area contributed by atoms with Crippen molar-refractivity contribution in [1.29, 1.82) is 0 Å². The minimum atomic E-state index is -3.83. The van der Waals surface area contributed by atoms with Crippen molar-refractivity contribution in [3.8, 4) is 0 Å². The summed E-state index contributed by atoms with van der Waals surface area (Å²) < 4.78 is 39.3. The number of benzene rings is 1. The number of rotatable bonds is 4. The first-order chi connectivity index (χ1) is 9.38. The summed E-state index contributed by atoms with van der Waals surface area (Å²) in [5, 5.41) is 0. The first kappa shape index (κ1) is 14.4. The molecular weight excluding hydrogens is 283 g/mol. The molecule has 1 heterocycles. The summed E-state index contributed by atoms with van der Waals surface area (Å²) in [6.07, 6.45) is 3.02. The Hall–Kier alpha value is -2.06. The Morgan fingerprint density at radius 1 is 1.30 bits per heavy atom. The van der Waals surface area contributed by atoms with Gasteiger partial charge in [-0.3, -0.25) is 9.97 Å². The summed E-state index contributed by atoms with van der Waals surface area (Å²) >= 11 is 0. The van der Waals surface area contributed by atoms with Crippen LogP contribution in [0.1, 0.15) is 11.4 Å². The van der Waals surface area contributed by atoms with E-state index in [-0.39, 0.29) is 17.1 Å². The second-order valence-corrected chi connectivity index (χ2v) is 5.89. The van der Waals surface area contributed by atoms with E-state index in [1.54, 1.807) is 6.92 Å². The van der Waals surface area contributed by atoms with E-state index in [0.29, 0.717) is 5.69 Å². The average molecular weight is 296 g/mol. The SMILES string of the molecule is Cc1cnc(CNS(=O)(=O)c2ccc(F)cc2N)cn1. The Labute approximate surface area is 115 Å². The number of nitrogen functional groups attached to an aromatic ring is 1. The summed E-state index contributed by atoms with van der Waals surface area (Å²) in [6.45, 7) is 1.76. The van der Waals surface area contributed by atoms with Crippen molar-refractivity contribution in [1.82, 2.24) is 14.7 Å². The third-order valence-electron chi connectivity index (χ3n) is 2.54. The van der Waals surface area contributed by atoms with Crippen molar-refractivity contribution in [2.24, 2.45) is 0 Å². The number of nitrogens with two attached hydrogens (primary N) is 1. The van der Waals surface area contributed by atoms with Crippen LogP contribution >= 0.6 is 0 Å². The number of halogens is 1. The maximum atomic E-state index is 12.9. The molecule has 0 radical (unpaired) electrons. The van der Waals surface area contributed by atoms with Crippen LogP contribution in [-0.2, 0) is 16.6 Å².